The molecule has 0 N–H and O–H groups in total. The van der Waals surface area contributed by atoms with Gasteiger partial charge in [-0.05, 0) is 55.8 Å². The highest BCUT2D eigenvalue weighted by molar-refractivity contribution is 7.07. The lowest BCUT2D eigenvalue weighted by Gasteiger charge is -2.27. The van der Waals surface area contributed by atoms with Crippen molar-refractivity contribution >= 4 is 46.6 Å². The molecule has 1 aliphatic rings. The van der Waals surface area contributed by atoms with Crippen molar-refractivity contribution in [1.82, 2.24) is 4.57 Å². The number of methoxy groups -OCH3 is 2. The Morgan fingerprint density at radius 2 is 1.93 bits per heavy atom. The molecule has 0 fully saturated rings. The van der Waals surface area contributed by atoms with Crippen LogP contribution in [0.4, 0.5) is 0 Å². The Hall–Kier alpha value is -3.79. The van der Waals surface area contributed by atoms with Gasteiger partial charge in [0, 0.05) is 17.2 Å². The maximum Gasteiger partial charge on any atom is 0.338 e. The molecular weight excluding hydrogens is 599 g/mol. The molecule has 0 aliphatic carbocycles. The normalized spacial score (nSPS) is 14.9. The number of carbonyl (C=O) groups excluding carboxylic acids is 1. The summed E-state index contributed by atoms with van der Waals surface area (Å²) in [6, 6.07) is 13.2. The first-order chi connectivity index (χ1) is 20.3. The Balaban J connectivity index is 1.73. The molecule has 3 heterocycles. The zero-order valence-electron chi connectivity index (χ0n) is 23.4. The summed E-state index contributed by atoms with van der Waals surface area (Å²) in [6.45, 7) is 3.91. The number of aromatic nitrogens is 1. The smallest absolute Gasteiger partial charge is 0.338 e. The highest BCUT2D eigenvalue weighted by Crippen LogP contribution is 2.39. The van der Waals surface area contributed by atoms with Crippen LogP contribution in [0, 0.1) is 0 Å². The average molecular weight is 628 g/mol. The van der Waals surface area contributed by atoms with E-state index in [0.717, 1.165) is 6.42 Å². The van der Waals surface area contributed by atoms with Crippen LogP contribution in [0.2, 0.25) is 10.0 Å². The van der Waals surface area contributed by atoms with Gasteiger partial charge in [-0.15, -0.1) is 0 Å². The van der Waals surface area contributed by atoms with Crippen molar-refractivity contribution < 1.29 is 23.4 Å². The van der Waals surface area contributed by atoms with E-state index in [4.69, 9.17) is 46.8 Å². The molecule has 0 spiro atoms. The first-order valence-corrected chi connectivity index (χ1v) is 14.9. The van der Waals surface area contributed by atoms with Crippen molar-refractivity contribution in [2.24, 2.45) is 4.99 Å². The van der Waals surface area contributed by atoms with E-state index in [9.17, 15) is 9.59 Å². The third-order valence-corrected chi connectivity index (χ3v) is 8.54. The molecule has 0 saturated carbocycles. The van der Waals surface area contributed by atoms with Crippen molar-refractivity contribution in [2.45, 2.75) is 32.7 Å². The SMILES string of the molecule is CCCC1=C(C(=O)OCC)[C@@H](c2cc(OC)ccc2OC)n2c(s/c(=C\c3ccc(-c4cccc(Cl)c4Cl)o3)c2=O)=N1. The van der Waals surface area contributed by atoms with Gasteiger partial charge in [0.05, 0.1) is 46.7 Å². The van der Waals surface area contributed by atoms with Crippen molar-refractivity contribution in [3.8, 4) is 22.8 Å². The number of halogens is 2. The minimum Gasteiger partial charge on any atom is -0.497 e. The van der Waals surface area contributed by atoms with Gasteiger partial charge in [-0.2, -0.15) is 0 Å². The van der Waals surface area contributed by atoms with Crippen LogP contribution < -0.4 is 24.4 Å². The number of hydrogen-bond donors (Lipinski definition) is 0. The van der Waals surface area contributed by atoms with Gasteiger partial charge < -0.3 is 18.6 Å². The summed E-state index contributed by atoms with van der Waals surface area (Å²) in [7, 11) is 3.09. The largest absolute Gasteiger partial charge is 0.497 e. The number of allylic oxidation sites excluding steroid dienone is 1. The molecule has 2 aromatic carbocycles. The Bertz CT molecular complexity index is 1870. The molecule has 1 atom stereocenters. The summed E-state index contributed by atoms with van der Waals surface area (Å²) >= 11 is 13.8. The molecule has 5 rings (SSSR count). The number of ether oxygens (including phenoxy) is 3. The number of nitrogens with zero attached hydrogens (tertiary/aromatic N) is 2. The topological polar surface area (TPSA) is 92.3 Å². The Labute approximate surface area is 256 Å². The number of benzene rings is 2. The summed E-state index contributed by atoms with van der Waals surface area (Å²) in [5.74, 6) is 1.45. The summed E-state index contributed by atoms with van der Waals surface area (Å²) in [5.41, 5.74) is 1.73. The zero-order chi connectivity index (χ0) is 30.0. The molecule has 4 aromatic rings. The first-order valence-electron chi connectivity index (χ1n) is 13.3. The third-order valence-electron chi connectivity index (χ3n) is 6.74. The molecule has 42 heavy (non-hydrogen) atoms. The first kappa shape index (κ1) is 29.7. The van der Waals surface area contributed by atoms with Gasteiger partial charge >= 0.3 is 5.97 Å². The maximum absolute atomic E-state index is 14.1. The van der Waals surface area contributed by atoms with Crippen LogP contribution in [0.5, 0.6) is 11.5 Å². The number of esters is 1. The lowest BCUT2D eigenvalue weighted by Crippen LogP contribution is -2.40. The number of hydrogen-bond acceptors (Lipinski definition) is 8. The number of thiazole rings is 1. The molecule has 8 nitrogen and oxygen atoms in total. The second kappa shape index (κ2) is 12.6. The molecule has 0 unspecified atom stereocenters. The van der Waals surface area contributed by atoms with Crippen LogP contribution in [0.3, 0.4) is 0 Å². The fraction of sp³-hybridized carbons (Fsp3) is 0.258. The molecule has 11 heteroatoms. The van der Waals surface area contributed by atoms with Crippen LogP contribution >= 0.6 is 34.5 Å². The van der Waals surface area contributed by atoms with Gasteiger partial charge in [-0.1, -0.05) is 53.9 Å². The van der Waals surface area contributed by atoms with Crippen LogP contribution in [-0.2, 0) is 9.53 Å². The second-order valence-electron chi connectivity index (χ2n) is 9.32. The number of rotatable bonds is 9. The van der Waals surface area contributed by atoms with Gasteiger partial charge in [0.25, 0.3) is 5.56 Å². The third kappa shape index (κ3) is 5.52. The summed E-state index contributed by atoms with van der Waals surface area (Å²) in [4.78, 5) is 32.8. The molecule has 0 bridgehead atoms. The van der Waals surface area contributed by atoms with E-state index in [1.54, 1.807) is 68.6 Å². The Kier molecular flexibility index (Phi) is 8.91. The van der Waals surface area contributed by atoms with E-state index < -0.39 is 12.0 Å². The second-order valence-corrected chi connectivity index (χ2v) is 11.1. The molecule has 0 saturated heterocycles. The minimum absolute atomic E-state index is 0.172. The lowest BCUT2D eigenvalue weighted by atomic mass is 9.93. The van der Waals surface area contributed by atoms with Crippen molar-refractivity contribution in [1.29, 1.82) is 0 Å². The Morgan fingerprint density at radius 3 is 2.64 bits per heavy atom. The Morgan fingerprint density at radius 1 is 1.12 bits per heavy atom. The van der Waals surface area contributed by atoms with E-state index in [-0.39, 0.29) is 12.2 Å². The predicted molar refractivity (Wildman–Crippen MR) is 163 cm³/mol. The summed E-state index contributed by atoms with van der Waals surface area (Å²) in [6.07, 6.45) is 2.91. The maximum atomic E-state index is 14.1. The molecule has 218 valence electrons. The molecule has 2 aromatic heterocycles. The molecule has 0 radical (unpaired) electrons. The molecule has 0 amide bonds. The highest BCUT2D eigenvalue weighted by Gasteiger charge is 2.36. The van der Waals surface area contributed by atoms with Gasteiger partial charge in [0.2, 0.25) is 0 Å². The van der Waals surface area contributed by atoms with E-state index in [2.05, 4.69) is 0 Å². The summed E-state index contributed by atoms with van der Waals surface area (Å²) < 4.78 is 24.6. The van der Waals surface area contributed by atoms with Crippen LogP contribution in [-0.4, -0.2) is 31.4 Å². The van der Waals surface area contributed by atoms with Crippen LogP contribution in [0.15, 0.2) is 74.0 Å². The van der Waals surface area contributed by atoms with Crippen LogP contribution in [0.1, 0.15) is 44.1 Å². The number of carbonyl (C=O) groups is 1. The quantitative estimate of drug-likeness (QED) is 0.207. The van der Waals surface area contributed by atoms with Gasteiger partial charge in [-0.3, -0.25) is 9.36 Å². The van der Waals surface area contributed by atoms with E-state index in [0.29, 0.717) is 71.2 Å². The predicted octanol–water partition coefficient (Wildman–Crippen LogP) is 6.16. The average Bonchev–Trinajstić information content (AvgIpc) is 3.57. The van der Waals surface area contributed by atoms with E-state index >= 15 is 0 Å². The number of fused-ring (bicyclic) bond motifs is 1. The van der Waals surface area contributed by atoms with Gasteiger partial charge in [-0.25, -0.2) is 9.79 Å². The molecule has 1 aliphatic heterocycles. The zero-order valence-corrected chi connectivity index (χ0v) is 25.7. The minimum atomic E-state index is -0.855. The van der Waals surface area contributed by atoms with Crippen molar-refractivity contribution in [2.75, 3.05) is 20.8 Å². The lowest BCUT2D eigenvalue weighted by molar-refractivity contribution is -0.139. The van der Waals surface area contributed by atoms with Gasteiger partial charge in [0.15, 0.2) is 4.80 Å². The van der Waals surface area contributed by atoms with Gasteiger partial charge in [0.1, 0.15) is 29.1 Å². The number of furan rings is 1. The fourth-order valence-corrected chi connectivity index (χ4v) is 6.26. The summed E-state index contributed by atoms with van der Waals surface area (Å²) in [5, 5.41) is 0.787. The fourth-order valence-electron chi connectivity index (χ4n) is 4.87. The van der Waals surface area contributed by atoms with Crippen molar-refractivity contribution in [3.63, 3.8) is 0 Å². The monoisotopic (exact) mass is 626 g/mol. The van der Waals surface area contributed by atoms with Crippen LogP contribution in [0.25, 0.3) is 17.4 Å². The highest BCUT2D eigenvalue weighted by atomic mass is 35.5. The molecular formula is C31H28Cl2N2O6S. The van der Waals surface area contributed by atoms with E-state index in [1.165, 1.54) is 23.0 Å². The van der Waals surface area contributed by atoms with Crippen molar-refractivity contribution in [3.05, 3.63) is 101 Å². The van der Waals surface area contributed by atoms with E-state index in [1.807, 2.05) is 6.92 Å². The standard InChI is InChI=1S/C31H28Cl2N2O6S/c1-5-8-22-26(30(37)40-6-2)28(20-15-17(38-3)11-13-23(20)39-4)35-29(36)25(42-31(35)34-22)16-18-12-14-24(41-18)19-9-7-10-21(32)27(19)33/h7,9-16,28H,5-6,8H2,1-4H3/b25-16-/t28-/m1/s1.